The Hall–Kier alpha value is -1.26. The Kier molecular flexibility index (Phi) is 5.80. The number of amides is 2. The van der Waals surface area contributed by atoms with Crippen molar-refractivity contribution in [1.82, 2.24) is 10.6 Å². The number of carboxylic acid groups (broad SMARTS) is 1. The number of rotatable bonds is 5. The number of carboxylic acids is 1. The molecule has 1 aliphatic rings. The molecule has 1 saturated carbocycles. The van der Waals surface area contributed by atoms with Crippen LogP contribution in [-0.4, -0.2) is 29.7 Å². The number of hydrogen-bond acceptors (Lipinski definition) is 2. The fourth-order valence-corrected chi connectivity index (χ4v) is 2.23. The largest absolute Gasteiger partial charge is 0.481 e. The zero-order chi connectivity index (χ0) is 12.7. The number of nitrogens with one attached hydrogen (secondary N) is 2. The molecule has 0 radical (unpaired) electrons. The Labute approximate surface area is 102 Å². The van der Waals surface area contributed by atoms with Gasteiger partial charge in [0, 0.05) is 12.6 Å². The molecule has 1 rings (SSSR count). The van der Waals surface area contributed by atoms with Crippen LogP contribution >= 0.6 is 0 Å². The van der Waals surface area contributed by atoms with E-state index in [-0.39, 0.29) is 25.0 Å². The predicted octanol–water partition coefficient (Wildman–Crippen LogP) is 1.73. The second kappa shape index (κ2) is 7.14. The summed E-state index contributed by atoms with van der Waals surface area (Å²) in [6.45, 7) is 2.39. The van der Waals surface area contributed by atoms with Gasteiger partial charge in [0.05, 0.1) is 6.42 Å². The van der Waals surface area contributed by atoms with Crippen LogP contribution in [0, 0.1) is 5.92 Å². The number of urea groups is 1. The zero-order valence-corrected chi connectivity index (χ0v) is 10.4. The highest BCUT2D eigenvalue weighted by atomic mass is 16.4. The van der Waals surface area contributed by atoms with E-state index in [0.29, 0.717) is 0 Å². The second-order valence-electron chi connectivity index (χ2n) is 4.67. The number of hydrogen-bond donors (Lipinski definition) is 3. The zero-order valence-electron chi connectivity index (χ0n) is 10.4. The molecule has 5 heteroatoms. The molecule has 0 atom stereocenters. The lowest BCUT2D eigenvalue weighted by atomic mass is 9.85. The Morgan fingerprint density at radius 1 is 1.24 bits per heavy atom. The standard InChI is InChI=1S/C12H22N2O3/c1-2-9-3-5-10(6-4-9)14-12(17)13-8-7-11(15)16/h9-10H,2-8H2,1H3,(H,15,16)(H2,13,14,17). The van der Waals surface area contributed by atoms with Crippen LogP contribution in [0.25, 0.3) is 0 Å². The maximum absolute atomic E-state index is 11.4. The van der Waals surface area contributed by atoms with Gasteiger partial charge in [-0.15, -0.1) is 0 Å². The molecule has 0 aliphatic heterocycles. The summed E-state index contributed by atoms with van der Waals surface area (Å²) >= 11 is 0. The summed E-state index contributed by atoms with van der Waals surface area (Å²) in [5.74, 6) is -0.0862. The third kappa shape index (κ3) is 5.56. The highest BCUT2D eigenvalue weighted by molar-refractivity contribution is 5.75. The maximum atomic E-state index is 11.4. The average molecular weight is 242 g/mol. The molecule has 3 N–H and O–H groups in total. The molecule has 98 valence electrons. The van der Waals surface area contributed by atoms with E-state index in [1.54, 1.807) is 0 Å². The molecule has 0 saturated heterocycles. The normalized spacial score (nSPS) is 24.1. The lowest BCUT2D eigenvalue weighted by Gasteiger charge is -2.28. The molecule has 17 heavy (non-hydrogen) atoms. The molecule has 0 aromatic carbocycles. The third-order valence-corrected chi connectivity index (χ3v) is 3.38. The smallest absolute Gasteiger partial charge is 0.315 e. The Bertz CT molecular complexity index is 260. The van der Waals surface area contributed by atoms with Gasteiger partial charge in [-0.2, -0.15) is 0 Å². The number of carbonyl (C=O) groups is 2. The minimum atomic E-state index is -0.895. The molecule has 0 bridgehead atoms. The molecular formula is C12H22N2O3. The summed E-state index contributed by atoms with van der Waals surface area (Å²) in [7, 11) is 0. The van der Waals surface area contributed by atoms with Crippen LogP contribution in [0.15, 0.2) is 0 Å². The van der Waals surface area contributed by atoms with E-state index in [1.807, 2.05) is 0 Å². The minimum absolute atomic E-state index is 0.0318. The first-order chi connectivity index (χ1) is 8.11. The predicted molar refractivity (Wildman–Crippen MR) is 64.8 cm³/mol. The fourth-order valence-electron chi connectivity index (χ4n) is 2.23. The SMILES string of the molecule is CCC1CCC(NC(=O)NCCC(=O)O)CC1. The van der Waals surface area contributed by atoms with E-state index in [2.05, 4.69) is 17.6 Å². The summed E-state index contributed by atoms with van der Waals surface area (Å²) < 4.78 is 0. The van der Waals surface area contributed by atoms with Gasteiger partial charge in [-0.25, -0.2) is 4.79 Å². The van der Waals surface area contributed by atoms with Crippen LogP contribution in [0.3, 0.4) is 0 Å². The first kappa shape index (κ1) is 13.8. The van der Waals surface area contributed by atoms with Crippen molar-refractivity contribution in [3.63, 3.8) is 0 Å². The van der Waals surface area contributed by atoms with Crippen molar-refractivity contribution in [1.29, 1.82) is 0 Å². The summed E-state index contributed by atoms with van der Waals surface area (Å²) in [6.07, 6.45) is 5.61. The molecule has 1 fully saturated rings. The van der Waals surface area contributed by atoms with Gasteiger partial charge in [0.2, 0.25) is 0 Å². The lowest BCUT2D eigenvalue weighted by Crippen LogP contribution is -2.44. The van der Waals surface area contributed by atoms with Gasteiger partial charge in [0.1, 0.15) is 0 Å². The van der Waals surface area contributed by atoms with Gasteiger partial charge >= 0.3 is 12.0 Å². The summed E-state index contributed by atoms with van der Waals surface area (Å²) in [6, 6.07) is 0.00817. The van der Waals surface area contributed by atoms with Crippen molar-refractivity contribution in [3.05, 3.63) is 0 Å². The molecule has 1 aliphatic carbocycles. The molecule has 0 aromatic heterocycles. The molecular weight excluding hydrogens is 220 g/mol. The highest BCUT2D eigenvalue weighted by Crippen LogP contribution is 2.26. The molecule has 0 aromatic rings. The molecule has 2 amide bonds. The Balaban J connectivity index is 2.12. The van der Waals surface area contributed by atoms with Gasteiger partial charge < -0.3 is 15.7 Å². The van der Waals surface area contributed by atoms with E-state index in [9.17, 15) is 9.59 Å². The Morgan fingerprint density at radius 2 is 1.88 bits per heavy atom. The van der Waals surface area contributed by atoms with Crippen molar-refractivity contribution in [2.24, 2.45) is 5.92 Å². The first-order valence-electron chi connectivity index (χ1n) is 6.38. The maximum Gasteiger partial charge on any atom is 0.315 e. The second-order valence-corrected chi connectivity index (χ2v) is 4.67. The molecule has 0 heterocycles. The fraction of sp³-hybridized carbons (Fsp3) is 0.833. The molecule has 0 unspecified atom stereocenters. The van der Waals surface area contributed by atoms with Gasteiger partial charge in [-0.1, -0.05) is 13.3 Å². The van der Waals surface area contributed by atoms with Crippen LogP contribution in [0.2, 0.25) is 0 Å². The third-order valence-electron chi connectivity index (χ3n) is 3.38. The van der Waals surface area contributed by atoms with Crippen molar-refractivity contribution in [2.45, 2.75) is 51.5 Å². The van der Waals surface area contributed by atoms with Crippen LogP contribution < -0.4 is 10.6 Å². The van der Waals surface area contributed by atoms with Crippen LogP contribution in [0.4, 0.5) is 4.79 Å². The van der Waals surface area contributed by atoms with Gasteiger partial charge in [-0.3, -0.25) is 4.79 Å². The summed E-state index contributed by atoms with van der Waals surface area (Å²) in [5, 5.41) is 13.9. The van der Waals surface area contributed by atoms with Crippen molar-refractivity contribution in [3.8, 4) is 0 Å². The Morgan fingerprint density at radius 3 is 2.41 bits per heavy atom. The van der Waals surface area contributed by atoms with Crippen LogP contribution in [0.1, 0.15) is 45.4 Å². The summed E-state index contributed by atoms with van der Waals surface area (Å²) in [4.78, 5) is 21.7. The highest BCUT2D eigenvalue weighted by Gasteiger charge is 2.20. The first-order valence-corrected chi connectivity index (χ1v) is 6.38. The monoisotopic (exact) mass is 242 g/mol. The lowest BCUT2D eigenvalue weighted by molar-refractivity contribution is -0.136. The number of aliphatic carboxylic acids is 1. The van der Waals surface area contributed by atoms with Gasteiger partial charge in [-0.05, 0) is 31.6 Å². The minimum Gasteiger partial charge on any atom is -0.481 e. The van der Waals surface area contributed by atoms with Crippen molar-refractivity contribution < 1.29 is 14.7 Å². The topological polar surface area (TPSA) is 78.4 Å². The van der Waals surface area contributed by atoms with Gasteiger partial charge in [0.25, 0.3) is 0 Å². The summed E-state index contributed by atoms with van der Waals surface area (Å²) in [5.41, 5.74) is 0. The van der Waals surface area contributed by atoms with E-state index < -0.39 is 5.97 Å². The van der Waals surface area contributed by atoms with Crippen molar-refractivity contribution in [2.75, 3.05) is 6.54 Å². The number of carbonyl (C=O) groups excluding carboxylic acids is 1. The van der Waals surface area contributed by atoms with Crippen LogP contribution in [-0.2, 0) is 4.79 Å². The van der Waals surface area contributed by atoms with Crippen LogP contribution in [0.5, 0.6) is 0 Å². The van der Waals surface area contributed by atoms with E-state index in [4.69, 9.17) is 5.11 Å². The molecule has 5 nitrogen and oxygen atoms in total. The average Bonchev–Trinajstić information content (AvgIpc) is 2.29. The van der Waals surface area contributed by atoms with Crippen molar-refractivity contribution >= 4 is 12.0 Å². The van der Waals surface area contributed by atoms with E-state index >= 15 is 0 Å². The van der Waals surface area contributed by atoms with E-state index in [0.717, 1.165) is 18.8 Å². The van der Waals surface area contributed by atoms with Gasteiger partial charge in [0.15, 0.2) is 0 Å². The quantitative estimate of drug-likeness (QED) is 0.687. The van der Waals surface area contributed by atoms with E-state index in [1.165, 1.54) is 19.3 Å². The molecule has 0 spiro atoms.